The van der Waals surface area contributed by atoms with E-state index in [0.29, 0.717) is 30.1 Å². The van der Waals surface area contributed by atoms with Crippen molar-refractivity contribution >= 4 is 5.97 Å². The van der Waals surface area contributed by atoms with E-state index in [1.165, 1.54) is 18.3 Å². The number of oxazole rings is 1. The summed E-state index contributed by atoms with van der Waals surface area (Å²) in [7, 11) is 0. The standard InChI is InChI=1S/C13H10FNO3/c14-9-3-1-8(2-4-9)11-15-7-10(18-11)13(5-6-13)12(16)17/h1-4,7H,5-6H2,(H,16,17). The second-order valence-electron chi connectivity index (χ2n) is 4.42. The lowest BCUT2D eigenvalue weighted by Gasteiger charge is -2.03. The third-order valence-electron chi connectivity index (χ3n) is 3.23. The summed E-state index contributed by atoms with van der Waals surface area (Å²) in [6, 6.07) is 5.71. The zero-order valence-electron chi connectivity index (χ0n) is 9.39. The summed E-state index contributed by atoms with van der Waals surface area (Å²) in [6.45, 7) is 0. The number of nitrogens with zero attached hydrogens (tertiary/aromatic N) is 1. The number of carbonyl (C=O) groups is 1. The van der Waals surface area contributed by atoms with E-state index in [-0.39, 0.29) is 5.82 Å². The molecule has 0 saturated heterocycles. The number of hydrogen-bond donors (Lipinski definition) is 1. The summed E-state index contributed by atoms with van der Waals surface area (Å²) in [4.78, 5) is 15.2. The van der Waals surface area contributed by atoms with Gasteiger partial charge in [-0.1, -0.05) is 0 Å². The zero-order chi connectivity index (χ0) is 12.8. The van der Waals surface area contributed by atoms with Crippen LogP contribution in [0.1, 0.15) is 18.6 Å². The van der Waals surface area contributed by atoms with Crippen molar-refractivity contribution in [1.82, 2.24) is 4.98 Å². The van der Waals surface area contributed by atoms with Crippen molar-refractivity contribution in [3.63, 3.8) is 0 Å². The van der Waals surface area contributed by atoms with Gasteiger partial charge in [0.1, 0.15) is 17.0 Å². The third kappa shape index (κ3) is 1.59. The van der Waals surface area contributed by atoms with Gasteiger partial charge in [-0.25, -0.2) is 9.37 Å². The van der Waals surface area contributed by atoms with Crippen molar-refractivity contribution in [2.75, 3.05) is 0 Å². The van der Waals surface area contributed by atoms with Crippen LogP contribution < -0.4 is 0 Å². The summed E-state index contributed by atoms with van der Waals surface area (Å²) < 4.78 is 18.3. The molecule has 1 aromatic carbocycles. The fourth-order valence-corrected chi connectivity index (χ4v) is 1.91. The van der Waals surface area contributed by atoms with Crippen LogP contribution in [0.3, 0.4) is 0 Å². The molecule has 1 aliphatic carbocycles. The van der Waals surface area contributed by atoms with Crippen molar-refractivity contribution in [3.05, 3.63) is 42.0 Å². The van der Waals surface area contributed by atoms with E-state index in [1.54, 1.807) is 12.1 Å². The van der Waals surface area contributed by atoms with Gasteiger partial charge in [0.05, 0.1) is 6.20 Å². The number of aliphatic carboxylic acids is 1. The van der Waals surface area contributed by atoms with Crippen molar-refractivity contribution in [2.45, 2.75) is 18.3 Å². The van der Waals surface area contributed by atoms with E-state index in [0.717, 1.165) is 0 Å². The SMILES string of the molecule is O=C(O)C1(c2cnc(-c3ccc(F)cc3)o2)CC1. The molecule has 1 heterocycles. The van der Waals surface area contributed by atoms with Crippen LogP contribution in [0.25, 0.3) is 11.5 Å². The lowest BCUT2D eigenvalue weighted by atomic mass is 10.1. The molecule has 1 fully saturated rings. The maximum Gasteiger partial charge on any atom is 0.317 e. The van der Waals surface area contributed by atoms with Crippen LogP contribution in [0.5, 0.6) is 0 Å². The van der Waals surface area contributed by atoms with Gasteiger partial charge in [-0.05, 0) is 37.1 Å². The first-order valence-electron chi connectivity index (χ1n) is 5.57. The first-order valence-corrected chi connectivity index (χ1v) is 5.57. The van der Waals surface area contributed by atoms with Gasteiger partial charge in [0, 0.05) is 5.56 Å². The summed E-state index contributed by atoms with van der Waals surface area (Å²) in [5.41, 5.74) is -0.269. The first kappa shape index (κ1) is 11.0. The van der Waals surface area contributed by atoms with Gasteiger partial charge >= 0.3 is 5.97 Å². The molecule has 3 rings (SSSR count). The third-order valence-corrected chi connectivity index (χ3v) is 3.23. The fraction of sp³-hybridized carbons (Fsp3) is 0.231. The molecule has 0 atom stereocenters. The molecule has 0 bridgehead atoms. The molecule has 4 nitrogen and oxygen atoms in total. The quantitative estimate of drug-likeness (QED) is 0.905. The summed E-state index contributed by atoms with van der Waals surface area (Å²) >= 11 is 0. The minimum Gasteiger partial charge on any atom is -0.480 e. The van der Waals surface area contributed by atoms with E-state index in [2.05, 4.69) is 4.98 Å². The molecule has 0 unspecified atom stereocenters. The number of carboxylic acid groups (broad SMARTS) is 1. The van der Waals surface area contributed by atoms with E-state index >= 15 is 0 Å². The summed E-state index contributed by atoms with van der Waals surface area (Å²) in [6.07, 6.45) is 2.58. The van der Waals surface area contributed by atoms with Gasteiger partial charge in [0.2, 0.25) is 5.89 Å². The monoisotopic (exact) mass is 247 g/mol. The lowest BCUT2D eigenvalue weighted by molar-refractivity contribution is -0.140. The highest BCUT2D eigenvalue weighted by Crippen LogP contribution is 2.49. The Bertz CT molecular complexity index is 599. The van der Waals surface area contributed by atoms with E-state index in [1.807, 2.05) is 0 Å². The molecule has 5 heteroatoms. The summed E-state index contributed by atoms with van der Waals surface area (Å²) in [5, 5.41) is 9.14. The predicted octanol–water partition coefficient (Wildman–Crippen LogP) is 2.60. The molecule has 18 heavy (non-hydrogen) atoms. The van der Waals surface area contributed by atoms with Crippen LogP contribution >= 0.6 is 0 Å². The summed E-state index contributed by atoms with van der Waals surface area (Å²) in [5.74, 6) is -0.536. The number of rotatable bonds is 3. The van der Waals surface area contributed by atoms with Crippen LogP contribution in [0, 0.1) is 5.82 Å². The van der Waals surface area contributed by atoms with Crippen LogP contribution in [-0.4, -0.2) is 16.1 Å². The second kappa shape index (κ2) is 3.66. The van der Waals surface area contributed by atoms with E-state index in [9.17, 15) is 9.18 Å². The first-order chi connectivity index (χ1) is 8.62. The van der Waals surface area contributed by atoms with Crippen molar-refractivity contribution in [3.8, 4) is 11.5 Å². The molecule has 0 radical (unpaired) electrons. The molecule has 0 amide bonds. The molecule has 92 valence electrons. The molecule has 1 N–H and O–H groups in total. The van der Waals surface area contributed by atoms with E-state index < -0.39 is 11.4 Å². The number of hydrogen-bond acceptors (Lipinski definition) is 3. The molecule has 0 aliphatic heterocycles. The minimum absolute atomic E-state index is 0.317. The zero-order valence-corrected chi connectivity index (χ0v) is 9.39. The Morgan fingerprint density at radius 1 is 1.33 bits per heavy atom. The Morgan fingerprint density at radius 2 is 2.00 bits per heavy atom. The smallest absolute Gasteiger partial charge is 0.317 e. The Morgan fingerprint density at radius 3 is 2.56 bits per heavy atom. The number of carboxylic acids is 1. The van der Waals surface area contributed by atoms with Gasteiger partial charge in [0.25, 0.3) is 0 Å². The van der Waals surface area contributed by atoms with Crippen LogP contribution in [0.4, 0.5) is 4.39 Å². The largest absolute Gasteiger partial charge is 0.480 e. The average Bonchev–Trinajstić information content (AvgIpc) is 3.03. The van der Waals surface area contributed by atoms with Gasteiger partial charge in [-0.15, -0.1) is 0 Å². The maximum atomic E-state index is 12.8. The highest BCUT2D eigenvalue weighted by atomic mass is 19.1. The van der Waals surface area contributed by atoms with Crippen LogP contribution in [-0.2, 0) is 10.2 Å². The highest BCUT2D eigenvalue weighted by Gasteiger charge is 2.55. The minimum atomic E-state index is -0.898. The van der Waals surface area contributed by atoms with Crippen molar-refractivity contribution in [2.24, 2.45) is 0 Å². The Balaban J connectivity index is 1.95. The molecule has 0 spiro atoms. The predicted molar refractivity (Wildman–Crippen MR) is 60.4 cm³/mol. The van der Waals surface area contributed by atoms with Crippen LogP contribution in [0.2, 0.25) is 0 Å². The fourth-order valence-electron chi connectivity index (χ4n) is 1.91. The molecule has 1 saturated carbocycles. The Hall–Kier alpha value is -2.17. The van der Waals surface area contributed by atoms with Gasteiger partial charge in [-0.3, -0.25) is 4.79 Å². The number of halogens is 1. The number of aromatic nitrogens is 1. The number of benzene rings is 1. The Kier molecular flexibility index (Phi) is 2.23. The molecular weight excluding hydrogens is 237 g/mol. The van der Waals surface area contributed by atoms with E-state index in [4.69, 9.17) is 9.52 Å². The van der Waals surface area contributed by atoms with Crippen LogP contribution in [0.15, 0.2) is 34.9 Å². The van der Waals surface area contributed by atoms with Gasteiger partial charge < -0.3 is 9.52 Å². The van der Waals surface area contributed by atoms with Crippen molar-refractivity contribution in [1.29, 1.82) is 0 Å². The average molecular weight is 247 g/mol. The van der Waals surface area contributed by atoms with Gasteiger partial charge in [-0.2, -0.15) is 0 Å². The second-order valence-corrected chi connectivity index (χ2v) is 4.42. The maximum absolute atomic E-state index is 12.8. The molecule has 1 aromatic heterocycles. The topological polar surface area (TPSA) is 63.3 Å². The van der Waals surface area contributed by atoms with Crippen molar-refractivity contribution < 1.29 is 18.7 Å². The van der Waals surface area contributed by atoms with Gasteiger partial charge in [0.15, 0.2) is 0 Å². The normalized spacial score (nSPS) is 16.5. The Labute approximate surface area is 102 Å². The molecule has 1 aliphatic rings. The highest BCUT2D eigenvalue weighted by molar-refractivity contribution is 5.84. The molecule has 2 aromatic rings. The molecular formula is C13H10FNO3. The lowest BCUT2D eigenvalue weighted by Crippen LogP contribution is -2.18.